The van der Waals surface area contributed by atoms with Gasteiger partial charge in [-0.3, -0.25) is 0 Å². The third kappa shape index (κ3) is 4.22. The van der Waals surface area contributed by atoms with E-state index >= 15 is 0 Å². The lowest BCUT2D eigenvalue weighted by Gasteiger charge is -2.09. The zero-order chi connectivity index (χ0) is 17.6. The first-order valence-electron chi connectivity index (χ1n) is 7.11. The van der Waals surface area contributed by atoms with E-state index in [1.807, 2.05) is 13.8 Å². The standard InChI is InChI=1S/C14H11ClF2N2O2.C2H6/c1-3-21-14(20)10-7(2)18-13(19-12(10)15)11-8(16)5-4-6-9(11)17;1-2/h4-6H,3H2,1-2H3;1-2H3. The quantitative estimate of drug-likeness (QED) is 0.605. The Bertz CT molecular complexity index is 665. The zero-order valence-electron chi connectivity index (χ0n) is 13.3. The van der Waals surface area contributed by atoms with E-state index in [9.17, 15) is 13.6 Å². The summed E-state index contributed by atoms with van der Waals surface area (Å²) in [5.74, 6) is -2.52. The molecule has 2 aromatic rings. The number of hydrogen-bond donors (Lipinski definition) is 0. The second kappa shape index (κ2) is 8.53. The Labute approximate surface area is 138 Å². The van der Waals surface area contributed by atoms with Gasteiger partial charge in [-0.1, -0.05) is 31.5 Å². The number of nitrogens with zero attached hydrogens (tertiary/aromatic N) is 2. The van der Waals surface area contributed by atoms with Gasteiger partial charge in [-0.05, 0) is 26.0 Å². The Balaban J connectivity index is 0.00000127. The minimum absolute atomic E-state index is 0.0148. The molecule has 7 heteroatoms. The van der Waals surface area contributed by atoms with Crippen molar-refractivity contribution in [2.45, 2.75) is 27.7 Å². The highest BCUT2D eigenvalue weighted by Gasteiger charge is 2.21. The van der Waals surface area contributed by atoms with Crippen LogP contribution in [0, 0.1) is 18.6 Å². The molecule has 0 saturated carbocycles. The van der Waals surface area contributed by atoms with Crippen LogP contribution in [0.2, 0.25) is 5.15 Å². The Morgan fingerprint density at radius 2 is 1.78 bits per heavy atom. The number of rotatable bonds is 3. The van der Waals surface area contributed by atoms with Crippen LogP contribution >= 0.6 is 11.6 Å². The Morgan fingerprint density at radius 3 is 2.26 bits per heavy atom. The second-order valence-electron chi connectivity index (χ2n) is 4.12. The highest BCUT2D eigenvalue weighted by atomic mass is 35.5. The first-order valence-corrected chi connectivity index (χ1v) is 7.49. The fourth-order valence-corrected chi connectivity index (χ4v) is 2.09. The lowest BCUT2D eigenvalue weighted by atomic mass is 10.1. The van der Waals surface area contributed by atoms with Crippen LogP contribution in [-0.4, -0.2) is 22.5 Å². The first kappa shape index (κ1) is 19.0. The molecule has 0 amide bonds. The molecule has 1 heterocycles. The van der Waals surface area contributed by atoms with Gasteiger partial charge in [0.05, 0.1) is 17.9 Å². The monoisotopic (exact) mass is 342 g/mol. The molecule has 0 aliphatic rings. The molecule has 0 saturated heterocycles. The number of benzene rings is 1. The van der Waals surface area contributed by atoms with Crippen molar-refractivity contribution >= 4 is 17.6 Å². The summed E-state index contributed by atoms with van der Waals surface area (Å²) < 4.78 is 32.3. The number of aromatic nitrogens is 2. The van der Waals surface area contributed by atoms with E-state index in [4.69, 9.17) is 16.3 Å². The Kier molecular flexibility index (Phi) is 7.03. The van der Waals surface area contributed by atoms with Crippen LogP contribution in [0.25, 0.3) is 11.4 Å². The number of ether oxygens (including phenoxy) is 1. The summed E-state index contributed by atoms with van der Waals surface area (Å²) in [6.45, 7) is 7.30. The van der Waals surface area contributed by atoms with Gasteiger partial charge in [0.1, 0.15) is 22.4 Å². The molecule has 0 unspecified atom stereocenters. The van der Waals surface area contributed by atoms with E-state index in [1.165, 1.54) is 13.0 Å². The van der Waals surface area contributed by atoms with Gasteiger partial charge in [0.25, 0.3) is 0 Å². The molecule has 2 rings (SSSR count). The van der Waals surface area contributed by atoms with Crippen LogP contribution in [0.1, 0.15) is 36.8 Å². The summed E-state index contributed by atoms with van der Waals surface area (Å²) >= 11 is 5.92. The van der Waals surface area contributed by atoms with Gasteiger partial charge in [-0.25, -0.2) is 23.5 Å². The van der Waals surface area contributed by atoms with Crippen molar-refractivity contribution in [3.63, 3.8) is 0 Å². The molecule has 0 fully saturated rings. The van der Waals surface area contributed by atoms with Gasteiger partial charge in [0.15, 0.2) is 5.82 Å². The van der Waals surface area contributed by atoms with Gasteiger partial charge < -0.3 is 4.74 Å². The summed E-state index contributed by atoms with van der Waals surface area (Å²) in [5, 5.41) is -0.210. The molecule has 0 aliphatic carbocycles. The topological polar surface area (TPSA) is 52.1 Å². The van der Waals surface area contributed by atoms with E-state index in [1.54, 1.807) is 6.92 Å². The van der Waals surface area contributed by atoms with Crippen molar-refractivity contribution in [2.75, 3.05) is 6.61 Å². The van der Waals surface area contributed by atoms with Crippen molar-refractivity contribution in [2.24, 2.45) is 0 Å². The van der Waals surface area contributed by atoms with Crippen LogP contribution in [0.3, 0.4) is 0 Å². The van der Waals surface area contributed by atoms with E-state index in [2.05, 4.69) is 9.97 Å². The molecule has 1 aromatic carbocycles. The van der Waals surface area contributed by atoms with E-state index in [0.717, 1.165) is 12.1 Å². The Morgan fingerprint density at radius 1 is 1.22 bits per heavy atom. The normalized spacial score (nSPS) is 9.87. The SMILES string of the molecule is CC.CCOC(=O)c1c(C)nc(-c2c(F)cccc2F)nc1Cl. The maximum absolute atomic E-state index is 13.7. The van der Waals surface area contributed by atoms with Gasteiger partial charge in [-0.15, -0.1) is 0 Å². The lowest BCUT2D eigenvalue weighted by molar-refractivity contribution is 0.0524. The summed E-state index contributed by atoms with van der Waals surface area (Å²) in [6.07, 6.45) is 0. The largest absolute Gasteiger partial charge is 0.462 e. The maximum atomic E-state index is 13.7. The zero-order valence-corrected chi connectivity index (χ0v) is 14.0. The van der Waals surface area contributed by atoms with Crippen LogP contribution in [0.4, 0.5) is 8.78 Å². The predicted molar refractivity (Wildman–Crippen MR) is 84.4 cm³/mol. The third-order valence-corrected chi connectivity index (χ3v) is 2.99. The summed E-state index contributed by atoms with van der Waals surface area (Å²) in [7, 11) is 0. The molecule has 0 N–H and O–H groups in total. The van der Waals surface area contributed by atoms with Gasteiger partial charge >= 0.3 is 5.97 Å². The average molecular weight is 343 g/mol. The summed E-state index contributed by atoms with van der Waals surface area (Å²) in [5.41, 5.74) is -0.219. The third-order valence-electron chi connectivity index (χ3n) is 2.71. The van der Waals surface area contributed by atoms with Gasteiger partial charge in [0.2, 0.25) is 0 Å². The summed E-state index contributed by atoms with van der Waals surface area (Å²) in [4.78, 5) is 19.5. The van der Waals surface area contributed by atoms with Crippen molar-refractivity contribution in [3.05, 3.63) is 46.2 Å². The van der Waals surface area contributed by atoms with Crippen LogP contribution in [0.15, 0.2) is 18.2 Å². The predicted octanol–water partition coefficient (Wildman–Crippen LogP) is 4.59. The summed E-state index contributed by atoms with van der Waals surface area (Å²) in [6, 6.07) is 3.41. The molecule has 4 nitrogen and oxygen atoms in total. The molecule has 0 aliphatic heterocycles. The van der Waals surface area contributed by atoms with E-state index in [-0.39, 0.29) is 28.8 Å². The molecule has 0 radical (unpaired) electrons. The molecular formula is C16H17ClF2N2O2. The highest BCUT2D eigenvalue weighted by molar-refractivity contribution is 6.32. The average Bonchev–Trinajstić information content (AvgIpc) is 2.48. The van der Waals surface area contributed by atoms with Gasteiger partial charge in [-0.2, -0.15) is 0 Å². The number of carbonyl (C=O) groups is 1. The fraction of sp³-hybridized carbons (Fsp3) is 0.312. The van der Waals surface area contributed by atoms with E-state index in [0.29, 0.717) is 0 Å². The first-order chi connectivity index (χ1) is 11.0. The molecule has 124 valence electrons. The van der Waals surface area contributed by atoms with Crippen LogP contribution < -0.4 is 0 Å². The van der Waals surface area contributed by atoms with Crippen LogP contribution in [0.5, 0.6) is 0 Å². The number of halogens is 3. The number of aryl methyl sites for hydroxylation is 1. The maximum Gasteiger partial charge on any atom is 0.343 e. The number of esters is 1. The number of carbonyl (C=O) groups excluding carboxylic acids is 1. The van der Waals surface area contributed by atoms with Crippen molar-refractivity contribution in [3.8, 4) is 11.4 Å². The minimum Gasteiger partial charge on any atom is -0.462 e. The molecule has 0 atom stereocenters. The highest BCUT2D eigenvalue weighted by Crippen LogP contribution is 2.26. The molecule has 23 heavy (non-hydrogen) atoms. The fourth-order valence-electron chi connectivity index (χ4n) is 1.80. The Hall–Kier alpha value is -2.08. The van der Waals surface area contributed by atoms with Crippen molar-refractivity contribution in [1.29, 1.82) is 0 Å². The molecule has 0 spiro atoms. The smallest absolute Gasteiger partial charge is 0.343 e. The van der Waals surface area contributed by atoms with Crippen molar-refractivity contribution in [1.82, 2.24) is 9.97 Å². The molecular weight excluding hydrogens is 326 g/mol. The lowest BCUT2D eigenvalue weighted by Crippen LogP contribution is -2.11. The second-order valence-corrected chi connectivity index (χ2v) is 4.47. The van der Waals surface area contributed by atoms with Crippen LogP contribution in [-0.2, 0) is 4.74 Å². The number of hydrogen-bond acceptors (Lipinski definition) is 4. The minimum atomic E-state index is -0.811. The van der Waals surface area contributed by atoms with Gasteiger partial charge in [0, 0.05) is 0 Å². The van der Waals surface area contributed by atoms with Crippen molar-refractivity contribution < 1.29 is 18.3 Å². The molecule has 1 aromatic heterocycles. The van der Waals surface area contributed by atoms with E-state index < -0.39 is 23.2 Å². The molecule has 0 bridgehead atoms.